The first-order valence-corrected chi connectivity index (χ1v) is 12.5. The van der Waals surface area contributed by atoms with Crippen molar-refractivity contribution in [1.82, 2.24) is 35.1 Å². The summed E-state index contributed by atoms with van der Waals surface area (Å²) in [6.45, 7) is 5.97. The van der Waals surface area contributed by atoms with E-state index >= 15 is 0 Å². The summed E-state index contributed by atoms with van der Waals surface area (Å²) in [5.41, 5.74) is 1.91. The van der Waals surface area contributed by atoms with Gasteiger partial charge in [-0.25, -0.2) is 5.10 Å². The molecule has 3 aromatic rings. The number of aryl methyl sites for hydroxylation is 1. The van der Waals surface area contributed by atoms with Crippen LogP contribution in [0, 0.1) is 24.7 Å². The van der Waals surface area contributed by atoms with Crippen molar-refractivity contribution in [3.8, 4) is 0 Å². The Morgan fingerprint density at radius 3 is 2.56 bits per heavy atom. The molecule has 2 aliphatic carbocycles. The van der Waals surface area contributed by atoms with Gasteiger partial charge in [-0.2, -0.15) is 15.3 Å². The number of anilines is 1. The monoisotopic (exact) mass is 492 g/mol. The highest BCUT2D eigenvalue weighted by molar-refractivity contribution is 6.00. The molecule has 190 valence electrons. The van der Waals surface area contributed by atoms with Gasteiger partial charge in [-0.05, 0) is 76.3 Å². The van der Waals surface area contributed by atoms with Crippen LogP contribution in [-0.2, 0) is 11.3 Å². The fraction of sp³-hybridized carbons (Fsp3) is 0.520. The van der Waals surface area contributed by atoms with Gasteiger partial charge in [0.1, 0.15) is 11.7 Å². The fourth-order valence-corrected chi connectivity index (χ4v) is 4.94. The van der Waals surface area contributed by atoms with Gasteiger partial charge in [-0.3, -0.25) is 23.7 Å². The molecule has 0 saturated heterocycles. The van der Waals surface area contributed by atoms with Crippen LogP contribution < -0.4 is 16.2 Å². The number of hydrogen-bond acceptors (Lipinski definition) is 6. The van der Waals surface area contributed by atoms with E-state index in [9.17, 15) is 14.4 Å². The minimum Gasteiger partial charge on any atom is -0.339 e. The third kappa shape index (κ3) is 5.24. The van der Waals surface area contributed by atoms with Gasteiger partial charge in [0.2, 0.25) is 5.91 Å². The lowest BCUT2D eigenvalue weighted by Gasteiger charge is -2.27. The molecule has 1 unspecified atom stereocenters. The summed E-state index contributed by atoms with van der Waals surface area (Å²) < 4.78 is 3.26. The zero-order chi connectivity index (χ0) is 25.4. The molecule has 2 saturated carbocycles. The van der Waals surface area contributed by atoms with Gasteiger partial charge in [0.25, 0.3) is 11.5 Å². The van der Waals surface area contributed by atoms with Crippen molar-refractivity contribution in [2.45, 2.75) is 65.1 Å². The van der Waals surface area contributed by atoms with Crippen LogP contribution in [0.25, 0.3) is 0 Å². The Balaban J connectivity index is 1.33. The summed E-state index contributed by atoms with van der Waals surface area (Å²) in [4.78, 5) is 38.9. The van der Waals surface area contributed by atoms with E-state index in [0.717, 1.165) is 25.7 Å². The maximum absolute atomic E-state index is 13.6. The Labute approximate surface area is 208 Å². The van der Waals surface area contributed by atoms with Crippen LogP contribution in [0.3, 0.4) is 0 Å². The van der Waals surface area contributed by atoms with Crippen LogP contribution in [0.1, 0.15) is 67.3 Å². The predicted octanol–water partition coefficient (Wildman–Crippen LogP) is 2.27. The quantitative estimate of drug-likeness (QED) is 0.397. The van der Waals surface area contributed by atoms with Crippen molar-refractivity contribution in [2.24, 2.45) is 17.8 Å². The van der Waals surface area contributed by atoms with Gasteiger partial charge in [0, 0.05) is 24.0 Å². The first-order chi connectivity index (χ1) is 17.3. The van der Waals surface area contributed by atoms with Gasteiger partial charge < -0.3 is 10.6 Å². The van der Waals surface area contributed by atoms with Crippen LogP contribution in [0.4, 0.5) is 5.69 Å². The lowest BCUT2D eigenvalue weighted by Crippen LogP contribution is -2.50. The van der Waals surface area contributed by atoms with Crippen molar-refractivity contribution in [3.05, 3.63) is 58.0 Å². The van der Waals surface area contributed by atoms with Crippen LogP contribution >= 0.6 is 0 Å². The lowest BCUT2D eigenvalue weighted by atomic mass is 9.88. The summed E-state index contributed by atoms with van der Waals surface area (Å²) in [5.74, 6) is 0.467. The lowest BCUT2D eigenvalue weighted by molar-refractivity contribution is -0.119. The van der Waals surface area contributed by atoms with Crippen molar-refractivity contribution in [2.75, 3.05) is 5.32 Å². The molecular weight excluding hydrogens is 460 g/mol. The molecule has 0 bridgehead atoms. The van der Waals surface area contributed by atoms with Crippen molar-refractivity contribution in [1.29, 1.82) is 0 Å². The van der Waals surface area contributed by atoms with Gasteiger partial charge in [0.15, 0.2) is 0 Å². The second-order valence-electron chi connectivity index (χ2n) is 10.2. The topological polar surface area (TPSA) is 140 Å². The SMILES string of the molecule is Cc1cc(Cn2cc(NC(=O)C(NC(=O)c3ccnn3C(C)C)C(C3CC3)C3CC3)cn2)c(=O)[nH]n1. The summed E-state index contributed by atoms with van der Waals surface area (Å²) in [7, 11) is 0. The number of H-pyrrole nitrogens is 1. The van der Waals surface area contributed by atoms with E-state index in [1.165, 1.54) is 0 Å². The van der Waals surface area contributed by atoms with Crippen LogP contribution in [-0.4, -0.2) is 47.6 Å². The molecule has 0 aromatic carbocycles. The summed E-state index contributed by atoms with van der Waals surface area (Å²) >= 11 is 0. The second-order valence-corrected chi connectivity index (χ2v) is 10.2. The average molecular weight is 493 g/mol. The third-order valence-corrected chi connectivity index (χ3v) is 6.92. The summed E-state index contributed by atoms with van der Waals surface area (Å²) in [5, 5.41) is 20.9. The van der Waals surface area contributed by atoms with Crippen LogP contribution in [0.5, 0.6) is 0 Å². The first kappa shape index (κ1) is 24.0. The number of rotatable bonds is 10. The third-order valence-electron chi connectivity index (χ3n) is 6.92. The molecular formula is C25H32N8O3. The molecule has 3 heterocycles. The maximum atomic E-state index is 13.6. The number of amides is 2. The smallest absolute Gasteiger partial charge is 0.270 e. The molecule has 2 aliphatic rings. The second kappa shape index (κ2) is 9.71. The highest BCUT2D eigenvalue weighted by atomic mass is 16.2. The van der Waals surface area contributed by atoms with E-state index < -0.39 is 6.04 Å². The van der Waals surface area contributed by atoms with E-state index in [4.69, 9.17) is 0 Å². The Morgan fingerprint density at radius 2 is 1.89 bits per heavy atom. The molecule has 0 spiro atoms. The van der Waals surface area contributed by atoms with E-state index in [1.54, 1.807) is 47.0 Å². The summed E-state index contributed by atoms with van der Waals surface area (Å²) in [6, 6.07) is 2.77. The maximum Gasteiger partial charge on any atom is 0.270 e. The Kier molecular flexibility index (Phi) is 6.46. The molecule has 3 N–H and O–H groups in total. The van der Waals surface area contributed by atoms with E-state index in [-0.39, 0.29) is 35.9 Å². The van der Waals surface area contributed by atoms with Crippen LogP contribution in [0.2, 0.25) is 0 Å². The van der Waals surface area contributed by atoms with Gasteiger partial charge in [-0.15, -0.1) is 0 Å². The molecule has 5 rings (SSSR count). The number of nitrogens with zero attached hydrogens (tertiary/aromatic N) is 5. The molecule has 2 fully saturated rings. The number of carbonyl (C=O) groups is 2. The predicted molar refractivity (Wildman–Crippen MR) is 132 cm³/mol. The number of carbonyl (C=O) groups excluding carboxylic acids is 2. The fourth-order valence-electron chi connectivity index (χ4n) is 4.94. The van der Waals surface area contributed by atoms with E-state index in [2.05, 4.69) is 31.0 Å². The highest BCUT2D eigenvalue weighted by Crippen LogP contribution is 2.50. The largest absolute Gasteiger partial charge is 0.339 e. The molecule has 36 heavy (non-hydrogen) atoms. The number of aromatic nitrogens is 6. The first-order valence-electron chi connectivity index (χ1n) is 12.5. The van der Waals surface area contributed by atoms with E-state index in [0.29, 0.717) is 34.5 Å². The normalized spacial score (nSPS) is 16.4. The minimum atomic E-state index is -0.651. The minimum absolute atomic E-state index is 0.0259. The number of hydrogen-bond donors (Lipinski definition) is 3. The Hall–Kier alpha value is -3.76. The summed E-state index contributed by atoms with van der Waals surface area (Å²) in [6.07, 6.45) is 9.18. The Morgan fingerprint density at radius 1 is 1.17 bits per heavy atom. The number of nitrogens with one attached hydrogen (secondary N) is 3. The number of aromatic amines is 1. The van der Waals surface area contributed by atoms with E-state index in [1.807, 2.05) is 13.8 Å². The molecule has 11 heteroatoms. The standard InChI is InChI=1S/C25H32N8O3/c1-14(2)33-20(8-9-26-33)24(35)29-22(21(16-4-5-16)17-6-7-17)25(36)28-19-11-27-32(13-19)12-18-10-15(3)30-31-23(18)34/h8-11,13-14,16-17,21-22H,4-7,12H2,1-3H3,(H,28,36)(H,29,35)(H,31,34). The highest BCUT2D eigenvalue weighted by Gasteiger charge is 2.48. The molecule has 2 amide bonds. The van der Waals surface area contributed by atoms with Crippen molar-refractivity contribution < 1.29 is 9.59 Å². The van der Waals surface area contributed by atoms with Crippen molar-refractivity contribution >= 4 is 17.5 Å². The molecule has 11 nitrogen and oxygen atoms in total. The Bertz CT molecular complexity index is 1300. The van der Waals surface area contributed by atoms with Gasteiger partial charge in [0.05, 0.1) is 24.1 Å². The van der Waals surface area contributed by atoms with Gasteiger partial charge in [-0.1, -0.05) is 0 Å². The van der Waals surface area contributed by atoms with Gasteiger partial charge >= 0.3 is 0 Å². The van der Waals surface area contributed by atoms with Crippen LogP contribution in [0.15, 0.2) is 35.5 Å². The zero-order valence-electron chi connectivity index (χ0n) is 20.8. The van der Waals surface area contributed by atoms with Crippen molar-refractivity contribution in [3.63, 3.8) is 0 Å². The molecule has 0 radical (unpaired) electrons. The molecule has 0 aliphatic heterocycles. The zero-order valence-corrected chi connectivity index (χ0v) is 20.8. The molecule has 3 aromatic heterocycles. The average Bonchev–Trinajstić information content (AvgIpc) is 3.76. The molecule has 1 atom stereocenters.